The molecule has 2 aromatic carbocycles. The molecule has 5 heteroatoms. The van der Waals surface area contributed by atoms with Crippen LogP contribution in [-0.2, 0) is 0 Å². The van der Waals surface area contributed by atoms with Gasteiger partial charge in [0.25, 0.3) is 0 Å². The van der Waals surface area contributed by atoms with Gasteiger partial charge in [0.2, 0.25) is 0 Å². The van der Waals surface area contributed by atoms with Crippen molar-refractivity contribution in [3.63, 3.8) is 0 Å². The van der Waals surface area contributed by atoms with Gasteiger partial charge in [0.1, 0.15) is 10.3 Å². The molecule has 0 spiro atoms. The van der Waals surface area contributed by atoms with Crippen LogP contribution < -0.4 is 5.32 Å². The molecule has 0 aliphatic rings. The van der Waals surface area contributed by atoms with Gasteiger partial charge in [0.15, 0.2) is 4.34 Å². The maximum Gasteiger partial charge on any atom is 0.152 e. The maximum absolute atomic E-state index is 4.75. The Bertz CT molecular complexity index is 948. The van der Waals surface area contributed by atoms with Gasteiger partial charge in [-0.2, -0.15) is 0 Å². The number of para-hydroxylation sites is 2. The quantitative estimate of drug-likeness (QED) is 0.518. The number of nitrogens with zero attached hydrogens (tertiary/aromatic N) is 2. The first-order valence-corrected chi connectivity index (χ1v) is 8.94. The van der Waals surface area contributed by atoms with Gasteiger partial charge in [-0.3, -0.25) is 0 Å². The second-order valence-corrected chi connectivity index (χ2v) is 6.86. The fourth-order valence-corrected chi connectivity index (χ4v) is 3.87. The predicted octanol–water partition coefficient (Wildman–Crippen LogP) is 5.31. The fourth-order valence-electron chi connectivity index (χ4n) is 2.43. The number of nitrogens with one attached hydrogen (secondary N) is 1. The highest BCUT2D eigenvalue weighted by Gasteiger charge is 2.14. The Morgan fingerprint density at radius 3 is 2.55 bits per heavy atom. The van der Waals surface area contributed by atoms with Crippen molar-refractivity contribution in [3.8, 4) is 0 Å². The Hall–Kier alpha value is -2.11. The smallest absolute Gasteiger partial charge is 0.152 e. The van der Waals surface area contributed by atoms with E-state index in [4.69, 9.17) is 9.97 Å². The third-order valence-electron chi connectivity index (χ3n) is 3.44. The van der Waals surface area contributed by atoms with E-state index in [1.807, 2.05) is 42.7 Å². The van der Waals surface area contributed by atoms with E-state index >= 15 is 0 Å². The molecule has 0 saturated carbocycles. The molecule has 0 atom stereocenters. The molecule has 2 heterocycles. The van der Waals surface area contributed by atoms with Gasteiger partial charge in [-0.15, -0.1) is 0 Å². The van der Waals surface area contributed by atoms with Crippen molar-refractivity contribution in [3.05, 3.63) is 54.6 Å². The molecule has 0 amide bonds. The normalized spacial score (nSPS) is 11.1. The zero-order chi connectivity index (χ0) is 14.9. The van der Waals surface area contributed by atoms with Crippen LogP contribution in [0.25, 0.3) is 21.3 Å². The summed E-state index contributed by atoms with van der Waals surface area (Å²) >= 11 is 3.29. The molecular weight excluding hydrogens is 310 g/mol. The Balaban J connectivity index is 2.00. The Morgan fingerprint density at radius 2 is 1.73 bits per heavy atom. The molecule has 3 nitrogen and oxygen atoms in total. The number of thioether (sulfide) groups is 1. The SMILES string of the molecule is CSc1nc2c(Nc3ccccc3)c3ccccc3nc2s1. The van der Waals surface area contributed by atoms with E-state index in [0.29, 0.717) is 0 Å². The molecular formula is C17H13N3S2. The van der Waals surface area contributed by atoms with E-state index in [9.17, 15) is 0 Å². The van der Waals surface area contributed by atoms with Crippen molar-refractivity contribution in [2.45, 2.75) is 4.34 Å². The number of fused-ring (bicyclic) bond motifs is 2. The van der Waals surface area contributed by atoms with Crippen LogP contribution in [0.3, 0.4) is 0 Å². The molecule has 0 aliphatic carbocycles. The van der Waals surface area contributed by atoms with Crippen LogP contribution in [0.5, 0.6) is 0 Å². The van der Waals surface area contributed by atoms with Crippen LogP contribution >= 0.6 is 23.1 Å². The minimum absolute atomic E-state index is 0.942. The molecule has 0 fully saturated rings. The summed E-state index contributed by atoms with van der Waals surface area (Å²) < 4.78 is 1.04. The second kappa shape index (κ2) is 5.59. The summed E-state index contributed by atoms with van der Waals surface area (Å²) in [6, 6.07) is 18.4. The lowest BCUT2D eigenvalue weighted by molar-refractivity contribution is 1.30. The van der Waals surface area contributed by atoms with Gasteiger partial charge in [-0.05, 0) is 24.5 Å². The summed E-state index contributed by atoms with van der Waals surface area (Å²) in [4.78, 5) is 10.5. The standard InChI is InChI=1S/C17H13N3S2/c1-21-17-20-15-14(18-11-7-3-2-4-8-11)12-9-5-6-10-13(12)19-16(15)22-17/h2-10H,1H3,(H,18,19). The average molecular weight is 323 g/mol. The number of aromatic nitrogens is 2. The monoisotopic (exact) mass is 323 g/mol. The van der Waals surface area contributed by atoms with E-state index in [-0.39, 0.29) is 0 Å². The number of anilines is 2. The summed E-state index contributed by atoms with van der Waals surface area (Å²) in [5.74, 6) is 0. The number of rotatable bonds is 3. The molecule has 0 radical (unpaired) electrons. The van der Waals surface area contributed by atoms with Crippen LogP contribution in [-0.4, -0.2) is 16.2 Å². The van der Waals surface area contributed by atoms with Crippen molar-refractivity contribution >= 4 is 55.7 Å². The number of hydrogen-bond acceptors (Lipinski definition) is 5. The highest BCUT2D eigenvalue weighted by Crippen LogP contribution is 2.37. The van der Waals surface area contributed by atoms with Crippen molar-refractivity contribution in [1.29, 1.82) is 0 Å². The molecule has 1 N–H and O–H groups in total. The van der Waals surface area contributed by atoms with Crippen molar-refractivity contribution < 1.29 is 0 Å². The van der Waals surface area contributed by atoms with E-state index in [2.05, 4.69) is 23.5 Å². The molecule has 0 saturated heterocycles. The highest BCUT2D eigenvalue weighted by molar-refractivity contribution is 8.00. The summed E-state index contributed by atoms with van der Waals surface area (Å²) in [5.41, 5.74) is 4.02. The largest absolute Gasteiger partial charge is 0.353 e. The number of benzene rings is 2. The van der Waals surface area contributed by atoms with Gasteiger partial charge >= 0.3 is 0 Å². The summed E-state index contributed by atoms with van der Waals surface area (Å²) in [6.07, 6.45) is 2.04. The first-order valence-electron chi connectivity index (χ1n) is 6.90. The number of hydrogen-bond donors (Lipinski definition) is 1. The first-order chi connectivity index (χ1) is 10.8. The van der Waals surface area contributed by atoms with Gasteiger partial charge in [0.05, 0.1) is 11.2 Å². The minimum Gasteiger partial charge on any atom is -0.353 e. The van der Waals surface area contributed by atoms with E-state index in [1.165, 1.54) is 0 Å². The first kappa shape index (κ1) is 13.5. The van der Waals surface area contributed by atoms with Crippen LogP contribution in [0.4, 0.5) is 11.4 Å². The van der Waals surface area contributed by atoms with Crippen LogP contribution in [0.15, 0.2) is 58.9 Å². The molecule has 108 valence electrons. The third-order valence-corrected chi connectivity index (χ3v) is 5.37. The van der Waals surface area contributed by atoms with Crippen LogP contribution in [0.2, 0.25) is 0 Å². The minimum atomic E-state index is 0.942. The lowest BCUT2D eigenvalue weighted by Crippen LogP contribution is -1.94. The fraction of sp³-hybridized carbons (Fsp3) is 0.0588. The Labute approximate surface area is 136 Å². The molecule has 22 heavy (non-hydrogen) atoms. The zero-order valence-electron chi connectivity index (χ0n) is 11.9. The molecule has 4 rings (SSSR count). The predicted molar refractivity (Wildman–Crippen MR) is 96.4 cm³/mol. The molecule has 0 bridgehead atoms. The van der Waals surface area contributed by atoms with Crippen molar-refractivity contribution in [2.24, 2.45) is 0 Å². The van der Waals surface area contributed by atoms with Gasteiger partial charge in [-0.1, -0.05) is 59.5 Å². The van der Waals surface area contributed by atoms with Crippen molar-refractivity contribution in [2.75, 3.05) is 11.6 Å². The average Bonchev–Trinajstić information content (AvgIpc) is 2.98. The molecule has 2 aromatic heterocycles. The summed E-state index contributed by atoms with van der Waals surface area (Å²) in [7, 11) is 0. The van der Waals surface area contributed by atoms with Crippen LogP contribution in [0.1, 0.15) is 0 Å². The van der Waals surface area contributed by atoms with E-state index in [1.54, 1.807) is 23.1 Å². The molecule has 0 aliphatic heterocycles. The van der Waals surface area contributed by atoms with Crippen LogP contribution in [0, 0.1) is 0 Å². The van der Waals surface area contributed by atoms with E-state index in [0.717, 1.165) is 37.0 Å². The van der Waals surface area contributed by atoms with Gasteiger partial charge < -0.3 is 5.32 Å². The van der Waals surface area contributed by atoms with Gasteiger partial charge in [-0.25, -0.2) is 9.97 Å². The second-order valence-electron chi connectivity index (χ2n) is 4.83. The molecule has 4 aromatic rings. The maximum atomic E-state index is 4.75. The molecule has 0 unspecified atom stereocenters. The summed E-state index contributed by atoms with van der Waals surface area (Å²) in [5, 5.41) is 4.62. The lowest BCUT2D eigenvalue weighted by Gasteiger charge is -2.10. The number of thiazole rings is 1. The summed E-state index contributed by atoms with van der Waals surface area (Å²) in [6.45, 7) is 0. The van der Waals surface area contributed by atoms with Crippen molar-refractivity contribution in [1.82, 2.24) is 9.97 Å². The highest BCUT2D eigenvalue weighted by atomic mass is 32.2. The topological polar surface area (TPSA) is 37.8 Å². The van der Waals surface area contributed by atoms with Gasteiger partial charge in [0, 0.05) is 11.1 Å². The lowest BCUT2D eigenvalue weighted by atomic mass is 10.1. The zero-order valence-corrected chi connectivity index (χ0v) is 13.5. The Kier molecular flexibility index (Phi) is 3.44. The Morgan fingerprint density at radius 1 is 0.955 bits per heavy atom. The third kappa shape index (κ3) is 2.32. The van der Waals surface area contributed by atoms with E-state index < -0.39 is 0 Å². The number of pyridine rings is 1.